The number of aromatic nitrogens is 1. The summed E-state index contributed by atoms with van der Waals surface area (Å²) in [5.41, 5.74) is 3.15. The van der Waals surface area contributed by atoms with Gasteiger partial charge in [-0.25, -0.2) is 4.98 Å². The van der Waals surface area contributed by atoms with Crippen molar-refractivity contribution < 1.29 is 19.1 Å². The van der Waals surface area contributed by atoms with Crippen molar-refractivity contribution in [3.05, 3.63) is 72.3 Å². The summed E-state index contributed by atoms with van der Waals surface area (Å²) >= 11 is 1.60. The maximum atomic E-state index is 12.6. The van der Waals surface area contributed by atoms with Crippen LogP contribution < -0.4 is 14.8 Å². The summed E-state index contributed by atoms with van der Waals surface area (Å²) in [5, 5.41) is 3.88. The molecule has 1 amide bonds. The molecule has 0 spiro atoms. The highest BCUT2D eigenvalue weighted by molar-refractivity contribution is 7.21. The lowest BCUT2D eigenvalue weighted by molar-refractivity contribution is -0.116. The van der Waals surface area contributed by atoms with Crippen molar-refractivity contribution in [2.45, 2.75) is 19.8 Å². The number of para-hydroxylation sites is 2. The molecule has 4 rings (SSSR count). The highest BCUT2D eigenvalue weighted by Gasteiger charge is 2.13. The number of methoxy groups -OCH3 is 1. The van der Waals surface area contributed by atoms with Crippen molar-refractivity contribution in [1.29, 1.82) is 0 Å². The van der Waals surface area contributed by atoms with E-state index in [1.165, 1.54) is 14.0 Å². The number of fused-ring (bicyclic) bond motifs is 1. The average molecular weight is 461 g/mol. The van der Waals surface area contributed by atoms with Crippen LogP contribution in [0.25, 0.3) is 20.8 Å². The van der Waals surface area contributed by atoms with Crippen molar-refractivity contribution >= 4 is 38.9 Å². The van der Waals surface area contributed by atoms with Gasteiger partial charge in [0.1, 0.15) is 5.01 Å². The molecule has 1 aromatic heterocycles. The molecule has 1 heterocycles. The fraction of sp³-hybridized carbons (Fsp3) is 0.192. The van der Waals surface area contributed by atoms with E-state index in [4.69, 9.17) is 14.5 Å². The van der Waals surface area contributed by atoms with Crippen LogP contribution >= 0.6 is 11.3 Å². The molecule has 0 saturated heterocycles. The van der Waals surface area contributed by atoms with Crippen molar-refractivity contribution in [3.8, 4) is 22.1 Å². The number of anilines is 1. The van der Waals surface area contributed by atoms with E-state index < -0.39 is 0 Å². The lowest BCUT2D eigenvalue weighted by atomic mass is 10.1. The average Bonchev–Trinajstić information content (AvgIpc) is 3.26. The van der Waals surface area contributed by atoms with Gasteiger partial charge in [-0.05, 0) is 55.8 Å². The van der Waals surface area contributed by atoms with Crippen LogP contribution in [0.1, 0.15) is 30.1 Å². The second-order valence-electron chi connectivity index (χ2n) is 7.45. The SMILES string of the molecule is COc1cc(C(C)=O)ccc1OCCCC(=O)Nc1ccccc1-c1nc2ccccc2s1. The molecule has 6 nitrogen and oxygen atoms in total. The first kappa shape index (κ1) is 22.5. The summed E-state index contributed by atoms with van der Waals surface area (Å²) in [5.74, 6) is 0.912. The van der Waals surface area contributed by atoms with Crippen LogP contribution in [-0.4, -0.2) is 30.4 Å². The van der Waals surface area contributed by atoms with E-state index in [1.54, 1.807) is 29.5 Å². The topological polar surface area (TPSA) is 77.5 Å². The van der Waals surface area contributed by atoms with Gasteiger partial charge in [-0.3, -0.25) is 9.59 Å². The Hall–Kier alpha value is -3.71. The third kappa shape index (κ3) is 5.38. The van der Waals surface area contributed by atoms with Crippen LogP contribution in [0, 0.1) is 0 Å². The van der Waals surface area contributed by atoms with Crippen LogP contribution in [0.5, 0.6) is 11.5 Å². The van der Waals surface area contributed by atoms with Gasteiger partial charge in [0.2, 0.25) is 5.91 Å². The Bertz CT molecular complexity index is 1270. The zero-order valence-corrected chi connectivity index (χ0v) is 19.3. The van der Waals surface area contributed by atoms with Crippen LogP contribution in [0.2, 0.25) is 0 Å². The van der Waals surface area contributed by atoms with Gasteiger partial charge in [0.15, 0.2) is 17.3 Å². The molecule has 0 saturated carbocycles. The number of benzene rings is 3. The number of nitrogens with one attached hydrogen (secondary N) is 1. The van der Waals surface area contributed by atoms with E-state index >= 15 is 0 Å². The highest BCUT2D eigenvalue weighted by atomic mass is 32.1. The number of rotatable bonds is 9. The predicted molar refractivity (Wildman–Crippen MR) is 131 cm³/mol. The van der Waals surface area contributed by atoms with E-state index in [2.05, 4.69) is 5.32 Å². The zero-order valence-electron chi connectivity index (χ0n) is 18.5. The smallest absolute Gasteiger partial charge is 0.224 e. The third-order valence-corrected chi connectivity index (χ3v) is 6.17. The molecule has 0 aliphatic carbocycles. The molecular formula is C26H24N2O4S. The number of carbonyl (C=O) groups is 2. The van der Waals surface area contributed by atoms with Crippen molar-refractivity contribution in [1.82, 2.24) is 4.98 Å². The monoisotopic (exact) mass is 460 g/mol. The quantitative estimate of drug-likeness (QED) is 0.246. The summed E-state index contributed by atoms with van der Waals surface area (Å²) in [7, 11) is 1.53. The second-order valence-corrected chi connectivity index (χ2v) is 8.48. The number of ether oxygens (including phenoxy) is 2. The Labute approximate surface area is 196 Å². The lowest BCUT2D eigenvalue weighted by Crippen LogP contribution is -2.13. The number of thiazole rings is 1. The Balaban J connectivity index is 1.35. The molecule has 0 atom stereocenters. The van der Waals surface area contributed by atoms with Gasteiger partial charge in [-0.1, -0.05) is 24.3 Å². The molecule has 7 heteroatoms. The minimum atomic E-state index is -0.0916. The Morgan fingerprint density at radius 2 is 1.79 bits per heavy atom. The van der Waals surface area contributed by atoms with Gasteiger partial charge in [-0.15, -0.1) is 11.3 Å². The summed E-state index contributed by atoms with van der Waals surface area (Å²) in [6, 6.07) is 20.7. The number of amides is 1. The largest absolute Gasteiger partial charge is 0.493 e. The first-order valence-electron chi connectivity index (χ1n) is 10.6. The fourth-order valence-electron chi connectivity index (χ4n) is 3.40. The summed E-state index contributed by atoms with van der Waals surface area (Å²) < 4.78 is 12.2. The number of nitrogens with zero attached hydrogens (tertiary/aromatic N) is 1. The zero-order chi connectivity index (χ0) is 23.2. The van der Waals surface area contributed by atoms with Gasteiger partial charge in [0, 0.05) is 17.5 Å². The van der Waals surface area contributed by atoms with E-state index in [0.717, 1.165) is 26.5 Å². The van der Waals surface area contributed by atoms with Gasteiger partial charge in [0.05, 0.1) is 29.6 Å². The van der Waals surface area contributed by atoms with Gasteiger partial charge >= 0.3 is 0 Å². The molecule has 0 aliphatic heterocycles. The fourth-order valence-corrected chi connectivity index (χ4v) is 4.40. The van der Waals surface area contributed by atoms with E-state index in [1.807, 2.05) is 48.5 Å². The summed E-state index contributed by atoms with van der Waals surface area (Å²) in [6.45, 7) is 1.85. The Morgan fingerprint density at radius 1 is 1.00 bits per heavy atom. The second kappa shape index (κ2) is 10.3. The van der Waals surface area contributed by atoms with Crippen LogP contribution in [0.4, 0.5) is 5.69 Å². The first-order chi connectivity index (χ1) is 16.0. The van der Waals surface area contributed by atoms with Crippen molar-refractivity contribution in [2.75, 3.05) is 19.0 Å². The first-order valence-corrected chi connectivity index (χ1v) is 11.4. The highest BCUT2D eigenvalue weighted by Crippen LogP contribution is 2.34. The van der Waals surface area contributed by atoms with Gasteiger partial charge in [-0.2, -0.15) is 0 Å². The van der Waals surface area contributed by atoms with Gasteiger partial charge < -0.3 is 14.8 Å². The van der Waals surface area contributed by atoms with Gasteiger partial charge in [0.25, 0.3) is 0 Å². The summed E-state index contributed by atoms with van der Waals surface area (Å²) in [4.78, 5) is 28.8. The molecule has 1 N–H and O–H groups in total. The van der Waals surface area contributed by atoms with E-state index in [9.17, 15) is 9.59 Å². The maximum Gasteiger partial charge on any atom is 0.224 e. The van der Waals surface area contributed by atoms with Crippen molar-refractivity contribution in [2.24, 2.45) is 0 Å². The molecule has 0 bridgehead atoms. The number of hydrogen-bond acceptors (Lipinski definition) is 6. The standard InChI is InChI=1S/C26H24N2O4S/c1-17(29)18-13-14-22(23(16-18)31-2)32-15-7-12-25(30)27-20-9-4-3-8-19(20)26-28-21-10-5-6-11-24(21)33-26/h3-6,8-11,13-14,16H,7,12,15H2,1-2H3,(H,27,30). The Kier molecular flexibility index (Phi) is 7.00. The number of Topliss-reactive ketones (excluding diaryl/α,β-unsaturated/α-hetero) is 1. The number of ketones is 1. The lowest BCUT2D eigenvalue weighted by Gasteiger charge is -2.12. The van der Waals surface area contributed by atoms with Crippen LogP contribution in [-0.2, 0) is 4.79 Å². The molecule has 3 aromatic carbocycles. The maximum absolute atomic E-state index is 12.6. The molecule has 0 radical (unpaired) electrons. The normalized spacial score (nSPS) is 10.7. The summed E-state index contributed by atoms with van der Waals surface area (Å²) in [6.07, 6.45) is 0.842. The van der Waals surface area contributed by atoms with Crippen LogP contribution in [0.15, 0.2) is 66.7 Å². The van der Waals surface area contributed by atoms with Crippen LogP contribution in [0.3, 0.4) is 0 Å². The Morgan fingerprint density at radius 3 is 2.58 bits per heavy atom. The number of hydrogen-bond donors (Lipinski definition) is 1. The third-order valence-electron chi connectivity index (χ3n) is 5.10. The molecular weight excluding hydrogens is 436 g/mol. The van der Waals surface area contributed by atoms with E-state index in [-0.39, 0.29) is 11.7 Å². The molecule has 0 aliphatic rings. The molecule has 0 fully saturated rings. The predicted octanol–water partition coefficient (Wildman–Crippen LogP) is 5.97. The molecule has 168 valence electrons. The minimum absolute atomic E-state index is 0.0392. The number of carbonyl (C=O) groups excluding carboxylic acids is 2. The van der Waals surface area contributed by atoms with Crippen molar-refractivity contribution in [3.63, 3.8) is 0 Å². The molecule has 33 heavy (non-hydrogen) atoms. The molecule has 0 unspecified atom stereocenters. The molecule has 4 aromatic rings. The minimum Gasteiger partial charge on any atom is -0.493 e. The van der Waals surface area contributed by atoms with E-state index in [0.29, 0.717) is 36.5 Å².